The molecule has 0 radical (unpaired) electrons. The second-order valence-electron chi connectivity index (χ2n) is 5.63. The van der Waals surface area contributed by atoms with E-state index in [1.807, 2.05) is 48.6 Å². The number of allylic oxidation sites excluding steroid dienone is 2. The lowest BCUT2D eigenvalue weighted by Gasteiger charge is -2.13. The largest absolute Gasteiger partial charge is 0.493 e. The monoisotopic (exact) mass is 338 g/mol. The van der Waals surface area contributed by atoms with Crippen LogP contribution in [0.4, 0.5) is 0 Å². The number of methoxy groups -OCH3 is 1. The molecule has 0 amide bonds. The molecule has 0 spiro atoms. The van der Waals surface area contributed by atoms with Crippen molar-refractivity contribution >= 4 is 0 Å². The first-order valence-corrected chi connectivity index (χ1v) is 8.50. The Bertz CT molecular complexity index is 691. The normalized spacial score (nSPS) is 10.1. The van der Waals surface area contributed by atoms with Gasteiger partial charge in [-0.1, -0.05) is 36.4 Å². The first-order chi connectivity index (χ1) is 12.3. The van der Waals surface area contributed by atoms with Gasteiger partial charge in [0.1, 0.15) is 5.75 Å². The van der Waals surface area contributed by atoms with Crippen molar-refractivity contribution in [1.82, 2.24) is 0 Å². The van der Waals surface area contributed by atoms with Gasteiger partial charge in [0.05, 0.1) is 20.3 Å². The fourth-order valence-electron chi connectivity index (χ4n) is 2.52. The van der Waals surface area contributed by atoms with E-state index >= 15 is 0 Å². The summed E-state index contributed by atoms with van der Waals surface area (Å²) < 4.78 is 17.1. The first-order valence-electron chi connectivity index (χ1n) is 8.50. The number of benzene rings is 2. The molecule has 0 aliphatic rings. The van der Waals surface area contributed by atoms with Crippen molar-refractivity contribution in [2.75, 3.05) is 20.3 Å². The van der Waals surface area contributed by atoms with Crippen molar-refractivity contribution < 1.29 is 14.2 Å². The average molecular weight is 338 g/mol. The SMILES string of the molecule is C=CCc1ccc(OCCCOc2ccccc2CC=C)c(OC)c1. The van der Waals surface area contributed by atoms with Gasteiger partial charge in [-0.15, -0.1) is 13.2 Å². The van der Waals surface area contributed by atoms with E-state index in [9.17, 15) is 0 Å². The Hall–Kier alpha value is -2.68. The lowest BCUT2D eigenvalue weighted by molar-refractivity contribution is 0.239. The summed E-state index contributed by atoms with van der Waals surface area (Å²) in [5.41, 5.74) is 2.30. The molecule has 0 bridgehead atoms. The minimum atomic E-state index is 0.570. The van der Waals surface area contributed by atoms with Crippen molar-refractivity contribution in [2.24, 2.45) is 0 Å². The molecule has 0 heterocycles. The Balaban J connectivity index is 1.81. The van der Waals surface area contributed by atoms with Gasteiger partial charge in [0, 0.05) is 6.42 Å². The summed E-state index contributed by atoms with van der Waals surface area (Å²) in [5.74, 6) is 2.41. The molecule has 3 heteroatoms. The maximum atomic E-state index is 5.87. The maximum Gasteiger partial charge on any atom is 0.161 e. The van der Waals surface area contributed by atoms with E-state index in [1.165, 1.54) is 0 Å². The highest BCUT2D eigenvalue weighted by molar-refractivity contribution is 5.43. The number of ether oxygens (including phenoxy) is 3. The number of para-hydroxylation sites is 1. The molecule has 0 aliphatic heterocycles. The smallest absolute Gasteiger partial charge is 0.161 e. The molecule has 0 aromatic heterocycles. The average Bonchev–Trinajstić information content (AvgIpc) is 2.64. The van der Waals surface area contributed by atoms with E-state index in [0.29, 0.717) is 13.2 Å². The molecule has 2 aromatic rings. The molecule has 0 N–H and O–H groups in total. The van der Waals surface area contributed by atoms with Crippen LogP contribution in [0.2, 0.25) is 0 Å². The zero-order chi connectivity index (χ0) is 17.9. The van der Waals surface area contributed by atoms with Crippen molar-refractivity contribution in [3.63, 3.8) is 0 Å². The molecule has 132 valence electrons. The molecule has 0 saturated carbocycles. The van der Waals surface area contributed by atoms with E-state index in [-0.39, 0.29) is 0 Å². The maximum absolute atomic E-state index is 5.87. The van der Waals surface area contributed by atoms with Crippen LogP contribution in [0.1, 0.15) is 17.5 Å². The van der Waals surface area contributed by atoms with E-state index in [2.05, 4.69) is 19.2 Å². The third-order valence-electron chi connectivity index (χ3n) is 3.75. The van der Waals surface area contributed by atoms with Crippen molar-refractivity contribution in [3.05, 3.63) is 78.9 Å². The van der Waals surface area contributed by atoms with Crippen molar-refractivity contribution in [3.8, 4) is 17.2 Å². The molecule has 2 aromatic carbocycles. The van der Waals surface area contributed by atoms with Gasteiger partial charge in [-0.25, -0.2) is 0 Å². The van der Waals surface area contributed by atoms with Crippen LogP contribution in [0.5, 0.6) is 17.2 Å². The minimum Gasteiger partial charge on any atom is -0.493 e. The molecule has 0 atom stereocenters. The molecule has 0 fully saturated rings. The van der Waals surface area contributed by atoms with Crippen LogP contribution in [-0.2, 0) is 12.8 Å². The van der Waals surface area contributed by atoms with Crippen LogP contribution in [0.25, 0.3) is 0 Å². The molecule has 2 rings (SSSR count). The zero-order valence-corrected chi connectivity index (χ0v) is 14.9. The Kier molecular flexibility index (Phi) is 7.64. The predicted molar refractivity (Wildman–Crippen MR) is 103 cm³/mol. The van der Waals surface area contributed by atoms with Crippen molar-refractivity contribution in [2.45, 2.75) is 19.3 Å². The third kappa shape index (κ3) is 5.71. The lowest BCUT2D eigenvalue weighted by Crippen LogP contribution is -2.06. The molecule has 0 saturated heterocycles. The standard InChI is InChI=1S/C22H26O3/c1-4-9-18-13-14-21(22(17-18)23-3)25-16-8-15-24-20-12-7-6-11-19(20)10-5-2/h4-7,11-14,17H,1-2,8-10,15-16H2,3H3. The molecule has 0 unspecified atom stereocenters. The quantitative estimate of drug-likeness (QED) is 0.426. The molecule has 25 heavy (non-hydrogen) atoms. The Morgan fingerprint density at radius 1 is 0.840 bits per heavy atom. The fraction of sp³-hybridized carbons (Fsp3) is 0.273. The Labute approximate surface area is 150 Å². The summed E-state index contributed by atoms with van der Waals surface area (Å²) in [4.78, 5) is 0. The first kappa shape index (κ1) is 18.7. The Morgan fingerprint density at radius 3 is 2.28 bits per heavy atom. The van der Waals surface area contributed by atoms with Gasteiger partial charge in [0.15, 0.2) is 11.5 Å². The zero-order valence-electron chi connectivity index (χ0n) is 14.9. The number of hydrogen-bond donors (Lipinski definition) is 0. The molecule has 3 nitrogen and oxygen atoms in total. The van der Waals surface area contributed by atoms with Crippen LogP contribution >= 0.6 is 0 Å². The van der Waals surface area contributed by atoms with E-state index in [0.717, 1.165) is 47.6 Å². The molecular formula is C22H26O3. The summed E-state index contributed by atoms with van der Waals surface area (Å²) in [7, 11) is 1.65. The summed E-state index contributed by atoms with van der Waals surface area (Å²) >= 11 is 0. The predicted octanol–water partition coefficient (Wildman–Crippen LogP) is 5.00. The molecular weight excluding hydrogens is 312 g/mol. The van der Waals surface area contributed by atoms with Gasteiger partial charge in [0.2, 0.25) is 0 Å². The Morgan fingerprint density at radius 2 is 1.56 bits per heavy atom. The van der Waals surface area contributed by atoms with Crippen LogP contribution in [-0.4, -0.2) is 20.3 Å². The van der Waals surface area contributed by atoms with Crippen LogP contribution in [0.15, 0.2) is 67.8 Å². The second kappa shape index (κ2) is 10.2. The minimum absolute atomic E-state index is 0.570. The number of hydrogen-bond acceptors (Lipinski definition) is 3. The van der Waals surface area contributed by atoms with E-state index in [1.54, 1.807) is 7.11 Å². The van der Waals surface area contributed by atoms with Gasteiger partial charge in [-0.2, -0.15) is 0 Å². The second-order valence-corrected chi connectivity index (χ2v) is 5.63. The third-order valence-corrected chi connectivity index (χ3v) is 3.75. The summed E-state index contributed by atoms with van der Waals surface area (Å²) in [5, 5.41) is 0. The highest BCUT2D eigenvalue weighted by Gasteiger charge is 2.06. The highest BCUT2D eigenvalue weighted by Crippen LogP contribution is 2.28. The van der Waals surface area contributed by atoms with Gasteiger partial charge in [-0.05, 0) is 42.2 Å². The van der Waals surface area contributed by atoms with Gasteiger partial charge in [0.25, 0.3) is 0 Å². The fourth-order valence-corrected chi connectivity index (χ4v) is 2.52. The summed E-state index contributed by atoms with van der Waals surface area (Å²) in [6.07, 6.45) is 6.17. The molecule has 0 aliphatic carbocycles. The van der Waals surface area contributed by atoms with Gasteiger partial charge < -0.3 is 14.2 Å². The van der Waals surface area contributed by atoms with E-state index in [4.69, 9.17) is 14.2 Å². The van der Waals surface area contributed by atoms with Crippen LogP contribution < -0.4 is 14.2 Å². The van der Waals surface area contributed by atoms with Crippen LogP contribution in [0.3, 0.4) is 0 Å². The summed E-state index contributed by atoms with van der Waals surface area (Å²) in [6, 6.07) is 14.0. The topological polar surface area (TPSA) is 27.7 Å². The van der Waals surface area contributed by atoms with E-state index < -0.39 is 0 Å². The lowest BCUT2D eigenvalue weighted by atomic mass is 10.1. The highest BCUT2D eigenvalue weighted by atomic mass is 16.5. The van der Waals surface area contributed by atoms with Crippen LogP contribution in [0, 0.1) is 0 Å². The van der Waals surface area contributed by atoms with Gasteiger partial charge in [-0.3, -0.25) is 0 Å². The number of rotatable bonds is 11. The summed E-state index contributed by atoms with van der Waals surface area (Å²) in [6.45, 7) is 8.71. The van der Waals surface area contributed by atoms with Gasteiger partial charge >= 0.3 is 0 Å². The van der Waals surface area contributed by atoms with Crippen molar-refractivity contribution in [1.29, 1.82) is 0 Å².